The molecule has 1 atom stereocenters. The molecule has 1 aromatic carbocycles. The summed E-state index contributed by atoms with van der Waals surface area (Å²) in [6.45, 7) is -0.926. The Kier molecular flexibility index (Phi) is 4.08. The minimum Gasteiger partial charge on any atom is -0.461 e. The predicted octanol–water partition coefficient (Wildman–Crippen LogP) is 2.17. The van der Waals surface area contributed by atoms with Crippen LogP contribution in [0.2, 0.25) is 0 Å². The summed E-state index contributed by atoms with van der Waals surface area (Å²) in [6, 6.07) is 3.66. The molecule has 1 unspecified atom stereocenters. The third-order valence-corrected chi connectivity index (χ3v) is 4.14. The van der Waals surface area contributed by atoms with Crippen LogP contribution >= 0.6 is 22.3 Å². The molecule has 0 aliphatic carbocycles. The smallest absolute Gasteiger partial charge is 0.284 e. The summed E-state index contributed by atoms with van der Waals surface area (Å²) in [5, 5.41) is 0. The van der Waals surface area contributed by atoms with Crippen LogP contribution in [0.25, 0.3) is 0 Å². The highest BCUT2D eigenvalue weighted by Gasteiger charge is 2.37. The van der Waals surface area contributed by atoms with Gasteiger partial charge in [-0.05, 0) is 12.1 Å². The van der Waals surface area contributed by atoms with Crippen molar-refractivity contribution < 1.29 is 26.7 Å². The molecule has 0 radical (unpaired) electrons. The zero-order chi connectivity index (χ0) is 15.1. The molecule has 0 spiro atoms. The Bertz CT molecular complexity index is 653. The molecular weight excluding hydrogens is 339 g/mol. The van der Waals surface area contributed by atoms with Crippen LogP contribution in [0.5, 0.6) is 5.75 Å². The van der Waals surface area contributed by atoms with E-state index in [2.05, 4.69) is 0 Å². The highest BCUT2D eigenvalue weighted by Crippen LogP contribution is 2.41. The average Bonchev–Trinajstić information content (AvgIpc) is 2.32. The van der Waals surface area contributed by atoms with E-state index in [9.17, 15) is 22.0 Å². The van der Waals surface area contributed by atoms with Crippen molar-refractivity contribution in [3.05, 3.63) is 18.2 Å². The minimum atomic E-state index is -4.17. The average molecular weight is 346 g/mol. The molecule has 5 nitrogen and oxygen atoms in total. The quantitative estimate of drug-likeness (QED) is 0.622. The van der Waals surface area contributed by atoms with E-state index in [4.69, 9.17) is 27.0 Å². The normalized spacial score (nSPS) is 18.9. The number of hydrogen-bond donors (Lipinski definition) is 0. The number of alkyl halides is 3. The number of carbonyl (C=O) groups excluding carboxylic acids is 1. The van der Waals surface area contributed by atoms with E-state index >= 15 is 0 Å². The molecule has 2 rings (SSSR count). The molecule has 1 aromatic rings. The van der Waals surface area contributed by atoms with E-state index in [1.807, 2.05) is 0 Å². The number of fused-ring (bicyclic) bond motifs is 1. The van der Waals surface area contributed by atoms with E-state index in [1.54, 1.807) is 0 Å². The van der Waals surface area contributed by atoms with Crippen LogP contribution < -0.4 is 9.64 Å². The first kappa shape index (κ1) is 15.3. The summed E-state index contributed by atoms with van der Waals surface area (Å²) in [5.41, 5.74) is -1.71. The summed E-state index contributed by atoms with van der Waals surface area (Å²) in [7, 11) is 1.06. The number of anilines is 1. The zero-order valence-electron chi connectivity index (χ0n) is 9.59. The minimum absolute atomic E-state index is 0.117. The summed E-state index contributed by atoms with van der Waals surface area (Å²) in [4.78, 5) is 12.0. The van der Waals surface area contributed by atoms with Crippen LogP contribution in [0, 0.1) is 0 Å². The molecule has 0 aromatic heterocycles. The van der Waals surface area contributed by atoms with Crippen LogP contribution in [-0.2, 0) is 13.8 Å². The van der Waals surface area contributed by atoms with Crippen molar-refractivity contribution in [1.29, 1.82) is 0 Å². The van der Waals surface area contributed by atoms with E-state index in [0.717, 1.165) is 6.07 Å². The Morgan fingerprint density at radius 1 is 1.40 bits per heavy atom. The third kappa shape index (κ3) is 2.82. The molecule has 0 saturated heterocycles. The van der Waals surface area contributed by atoms with Crippen LogP contribution in [0.15, 0.2) is 23.1 Å². The second-order valence-corrected chi connectivity index (χ2v) is 6.75. The lowest BCUT2D eigenvalue weighted by molar-refractivity contribution is -0.123. The van der Waals surface area contributed by atoms with Crippen molar-refractivity contribution in [2.24, 2.45) is 0 Å². The van der Waals surface area contributed by atoms with Gasteiger partial charge in [0.05, 0.1) is 12.2 Å². The maximum absolute atomic E-state index is 12.5. The highest BCUT2D eigenvalue weighted by molar-refractivity contribution is 8.13. The van der Waals surface area contributed by atoms with Crippen LogP contribution in [0.4, 0.5) is 14.5 Å². The number of rotatable bonds is 3. The van der Waals surface area contributed by atoms with Gasteiger partial charge in [-0.2, -0.15) is 0 Å². The lowest BCUT2D eigenvalue weighted by Gasteiger charge is -2.32. The molecule has 0 bridgehead atoms. The molecule has 110 valence electrons. The van der Waals surface area contributed by atoms with Crippen LogP contribution in [0.3, 0.4) is 0 Å². The maximum Gasteiger partial charge on any atom is 0.284 e. The monoisotopic (exact) mass is 345 g/mol. The number of amides is 1. The number of nitrogens with zero attached hydrogens (tertiary/aromatic N) is 1. The molecule has 0 N–H and O–H groups in total. The molecule has 0 saturated carbocycles. The largest absolute Gasteiger partial charge is 0.461 e. The Morgan fingerprint density at radius 2 is 2.05 bits per heavy atom. The zero-order valence-corrected chi connectivity index (χ0v) is 11.9. The molecule has 1 aliphatic rings. The summed E-state index contributed by atoms with van der Waals surface area (Å²) >= 11 is 5.60. The van der Waals surface area contributed by atoms with Crippen molar-refractivity contribution in [1.82, 2.24) is 0 Å². The van der Waals surface area contributed by atoms with Gasteiger partial charge in [0, 0.05) is 10.7 Å². The molecule has 1 aliphatic heterocycles. The summed E-state index contributed by atoms with van der Waals surface area (Å²) in [5.74, 6) is -1.22. The first-order chi connectivity index (χ1) is 9.21. The van der Waals surface area contributed by atoms with Crippen molar-refractivity contribution >= 4 is 42.9 Å². The Balaban J connectivity index is 2.61. The van der Waals surface area contributed by atoms with Gasteiger partial charge >= 0.3 is 0 Å². The fraction of sp³-hybridized carbons (Fsp3) is 0.300. The van der Waals surface area contributed by atoms with Gasteiger partial charge in [-0.3, -0.25) is 9.69 Å². The Morgan fingerprint density at radius 3 is 2.60 bits per heavy atom. The lowest BCUT2D eigenvalue weighted by Crippen LogP contribution is -2.45. The van der Waals surface area contributed by atoms with Crippen molar-refractivity contribution in [2.75, 3.05) is 11.4 Å². The predicted molar refractivity (Wildman–Crippen MR) is 68.1 cm³/mol. The van der Waals surface area contributed by atoms with E-state index < -0.39 is 38.4 Å². The number of benzene rings is 1. The lowest BCUT2D eigenvalue weighted by atomic mass is 10.2. The van der Waals surface area contributed by atoms with E-state index in [0.29, 0.717) is 4.90 Å². The van der Waals surface area contributed by atoms with Gasteiger partial charge in [0.25, 0.3) is 26.9 Å². The molecule has 0 fully saturated rings. The SMILES string of the molecule is O=C1C(Cl)Oc2c(cccc2S(=O)(=O)Cl)N1CC(F)F. The van der Waals surface area contributed by atoms with Crippen molar-refractivity contribution in [3.63, 3.8) is 0 Å². The van der Waals surface area contributed by atoms with Gasteiger partial charge in [-0.15, -0.1) is 0 Å². The number of para-hydroxylation sites is 1. The molecule has 10 heteroatoms. The molecule has 20 heavy (non-hydrogen) atoms. The second-order valence-electron chi connectivity index (χ2n) is 3.82. The van der Waals surface area contributed by atoms with Gasteiger partial charge < -0.3 is 4.74 Å². The second kappa shape index (κ2) is 5.34. The van der Waals surface area contributed by atoms with Crippen molar-refractivity contribution in [2.45, 2.75) is 16.9 Å². The standard InChI is InChI=1S/C10H7Cl2F2NO4S/c11-9-10(16)15(4-7(13)14)5-2-1-3-6(8(5)19-9)20(12,17)18/h1-3,7,9H,4H2. The number of ether oxygens (including phenoxy) is 1. The summed E-state index contributed by atoms with van der Waals surface area (Å²) in [6.07, 6.45) is -2.81. The van der Waals surface area contributed by atoms with Crippen molar-refractivity contribution in [3.8, 4) is 5.75 Å². The van der Waals surface area contributed by atoms with E-state index in [1.165, 1.54) is 12.1 Å². The molecule has 1 amide bonds. The van der Waals surface area contributed by atoms with Gasteiger partial charge in [0.2, 0.25) is 0 Å². The highest BCUT2D eigenvalue weighted by atomic mass is 35.7. The number of halogens is 4. The number of carbonyl (C=O) groups is 1. The third-order valence-electron chi connectivity index (χ3n) is 2.51. The Hall–Kier alpha value is -1.12. The van der Waals surface area contributed by atoms with Gasteiger partial charge in [-0.25, -0.2) is 17.2 Å². The fourth-order valence-electron chi connectivity index (χ4n) is 1.75. The molecular formula is C10H7Cl2F2NO4S. The first-order valence-corrected chi connectivity index (χ1v) is 7.94. The maximum atomic E-state index is 12.5. The Labute approximate surface area is 122 Å². The topological polar surface area (TPSA) is 63.7 Å². The van der Waals surface area contributed by atoms with Crippen LogP contribution in [-0.4, -0.2) is 32.9 Å². The fourth-order valence-corrected chi connectivity index (χ4v) is 2.94. The van der Waals surface area contributed by atoms with E-state index in [-0.39, 0.29) is 11.4 Å². The van der Waals surface area contributed by atoms with Gasteiger partial charge in [0.1, 0.15) is 4.90 Å². The molecule has 1 heterocycles. The van der Waals surface area contributed by atoms with Crippen LogP contribution in [0.1, 0.15) is 0 Å². The number of hydrogen-bond acceptors (Lipinski definition) is 4. The van der Waals surface area contributed by atoms with Gasteiger partial charge in [0.15, 0.2) is 5.75 Å². The first-order valence-electron chi connectivity index (χ1n) is 5.19. The summed E-state index contributed by atoms with van der Waals surface area (Å²) < 4.78 is 52.9. The van der Waals surface area contributed by atoms with Gasteiger partial charge in [-0.1, -0.05) is 17.7 Å².